The number of carbonyl (C=O) groups excluding carboxylic acids is 2. The molecule has 1 amide bonds. The van der Waals surface area contributed by atoms with Gasteiger partial charge < -0.3 is 10.0 Å². The summed E-state index contributed by atoms with van der Waals surface area (Å²) < 4.78 is 44.4. The minimum absolute atomic E-state index is 0.0409. The van der Waals surface area contributed by atoms with Gasteiger partial charge >= 0.3 is 12.1 Å². The molecule has 5 rings (SSSR count). The second kappa shape index (κ2) is 9.85. The highest BCUT2D eigenvalue weighted by atomic mass is 35.5. The maximum atomic E-state index is 14.5. The predicted octanol–water partition coefficient (Wildman–Crippen LogP) is 5.92. The van der Waals surface area contributed by atoms with E-state index in [1.165, 1.54) is 17.2 Å². The SMILES string of the molecule is CC1(C)[C@@H]2C[C@@H](N(CC(=O)c3ncccc3Cl)C(=O)c3cnn([C@H]4CC[C@](C)(C(=O)O)CC4)c3C(F)(F)F)C[C@@H]21. The highest BCUT2D eigenvalue weighted by molar-refractivity contribution is 6.33. The summed E-state index contributed by atoms with van der Waals surface area (Å²) in [6, 6.07) is 1.94. The van der Waals surface area contributed by atoms with E-state index < -0.39 is 59.1 Å². The number of carboxylic acids is 1. The molecular weight excluding hydrogens is 549 g/mol. The van der Waals surface area contributed by atoms with Gasteiger partial charge in [0.25, 0.3) is 5.91 Å². The van der Waals surface area contributed by atoms with Gasteiger partial charge in [-0.1, -0.05) is 25.4 Å². The van der Waals surface area contributed by atoms with Gasteiger partial charge in [0.05, 0.1) is 34.8 Å². The third-order valence-corrected chi connectivity index (χ3v) is 9.90. The summed E-state index contributed by atoms with van der Waals surface area (Å²) in [5.74, 6) is -1.78. The second-order valence-corrected chi connectivity index (χ2v) is 12.7. The molecule has 3 atom stereocenters. The molecule has 40 heavy (non-hydrogen) atoms. The van der Waals surface area contributed by atoms with E-state index >= 15 is 0 Å². The number of aromatic nitrogens is 3. The molecule has 3 fully saturated rings. The lowest BCUT2D eigenvalue weighted by atomic mass is 9.74. The molecule has 3 aliphatic rings. The normalized spacial score (nSPS) is 29.1. The zero-order valence-corrected chi connectivity index (χ0v) is 23.3. The first kappa shape index (κ1) is 28.6. The average Bonchev–Trinajstić information content (AvgIpc) is 3.31. The van der Waals surface area contributed by atoms with Crippen LogP contribution in [0.3, 0.4) is 0 Å². The number of rotatable bonds is 7. The number of amides is 1. The van der Waals surface area contributed by atoms with Crippen LogP contribution < -0.4 is 0 Å². The quantitative estimate of drug-likeness (QED) is 0.408. The molecule has 3 aliphatic carbocycles. The number of aliphatic carboxylic acids is 1. The molecule has 216 valence electrons. The second-order valence-electron chi connectivity index (χ2n) is 12.3. The molecule has 2 aromatic rings. The smallest absolute Gasteiger partial charge is 0.433 e. The number of pyridine rings is 1. The Morgan fingerprint density at radius 3 is 2.33 bits per heavy atom. The van der Waals surface area contributed by atoms with Gasteiger partial charge in [-0.25, -0.2) is 0 Å². The number of carboxylic acid groups (broad SMARTS) is 1. The molecular formula is C28H32ClF3N4O4. The van der Waals surface area contributed by atoms with Gasteiger partial charge in [0.2, 0.25) is 5.78 Å². The molecule has 0 unspecified atom stereocenters. The maximum Gasteiger partial charge on any atom is 0.433 e. The molecule has 12 heteroatoms. The van der Waals surface area contributed by atoms with Crippen LogP contribution >= 0.6 is 11.6 Å². The fourth-order valence-corrected chi connectivity index (χ4v) is 7.08. The summed E-state index contributed by atoms with van der Waals surface area (Å²) >= 11 is 6.15. The van der Waals surface area contributed by atoms with E-state index in [9.17, 15) is 32.7 Å². The van der Waals surface area contributed by atoms with Gasteiger partial charge in [0, 0.05) is 12.2 Å². The van der Waals surface area contributed by atoms with E-state index in [1.54, 1.807) is 13.0 Å². The zero-order valence-electron chi connectivity index (χ0n) is 22.5. The Morgan fingerprint density at radius 1 is 1.15 bits per heavy atom. The highest BCUT2D eigenvalue weighted by Gasteiger charge is 2.63. The van der Waals surface area contributed by atoms with E-state index in [1.807, 2.05) is 0 Å². The van der Waals surface area contributed by atoms with E-state index in [4.69, 9.17) is 11.6 Å². The zero-order chi connectivity index (χ0) is 29.2. The van der Waals surface area contributed by atoms with Crippen LogP contribution in [0.1, 0.15) is 91.9 Å². The van der Waals surface area contributed by atoms with Crippen molar-refractivity contribution in [2.45, 2.75) is 77.6 Å². The van der Waals surface area contributed by atoms with Crippen molar-refractivity contribution < 1.29 is 32.7 Å². The Morgan fingerprint density at radius 2 is 1.77 bits per heavy atom. The number of Topliss-reactive ketones (excluding diaryl/α,β-unsaturated/α-hetero) is 1. The maximum absolute atomic E-state index is 14.5. The van der Waals surface area contributed by atoms with Gasteiger partial charge in [-0.2, -0.15) is 18.3 Å². The number of nitrogens with zero attached hydrogens (tertiary/aromatic N) is 4. The minimum Gasteiger partial charge on any atom is -0.481 e. The fraction of sp³-hybridized carbons (Fsp3) is 0.607. The largest absolute Gasteiger partial charge is 0.481 e. The highest BCUT2D eigenvalue weighted by Crippen LogP contribution is 2.67. The van der Waals surface area contributed by atoms with Crippen molar-refractivity contribution >= 4 is 29.3 Å². The predicted molar refractivity (Wildman–Crippen MR) is 139 cm³/mol. The number of hydrogen-bond acceptors (Lipinski definition) is 5. The summed E-state index contributed by atoms with van der Waals surface area (Å²) in [7, 11) is 0. The van der Waals surface area contributed by atoms with Crippen molar-refractivity contribution in [1.29, 1.82) is 0 Å². The number of halogens is 4. The summed E-state index contributed by atoms with van der Waals surface area (Å²) in [6.45, 7) is 5.40. The van der Waals surface area contributed by atoms with Crippen molar-refractivity contribution in [2.24, 2.45) is 22.7 Å². The van der Waals surface area contributed by atoms with Crippen LogP contribution in [0.25, 0.3) is 0 Å². The van der Waals surface area contributed by atoms with Crippen LogP contribution in [0.4, 0.5) is 13.2 Å². The summed E-state index contributed by atoms with van der Waals surface area (Å²) in [6.07, 6.45) is -0.624. The van der Waals surface area contributed by atoms with E-state index in [0.29, 0.717) is 24.7 Å². The van der Waals surface area contributed by atoms with E-state index in [0.717, 1.165) is 10.9 Å². The summed E-state index contributed by atoms with van der Waals surface area (Å²) in [4.78, 5) is 44.0. The van der Waals surface area contributed by atoms with E-state index in [-0.39, 0.29) is 41.8 Å². The van der Waals surface area contributed by atoms with Crippen LogP contribution in [-0.4, -0.2) is 55.0 Å². The molecule has 0 aliphatic heterocycles. The molecule has 0 saturated heterocycles. The Balaban J connectivity index is 1.46. The Bertz CT molecular complexity index is 1340. The number of hydrogen-bond donors (Lipinski definition) is 1. The first-order valence-corrected chi connectivity index (χ1v) is 13.9. The third-order valence-electron chi connectivity index (χ3n) is 9.59. The lowest BCUT2D eigenvalue weighted by Gasteiger charge is -2.35. The molecule has 2 heterocycles. The first-order chi connectivity index (χ1) is 18.6. The average molecular weight is 581 g/mol. The van der Waals surface area contributed by atoms with Crippen molar-refractivity contribution in [2.75, 3.05) is 6.54 Å². The van der Waals surface area contributed by atoms with Crippen molar-refractivity contribution in [1.82, 2.24) is 19.7 Å². The lowest BCUT2D eigenvalue weighted by Crippen LogP contribution is -2.44. The van der Waals surface area contributed by atoms with Crippen molar-refractivity contribution in [3.8, 4) is 0 Å². The third kappa shape index (κ3) is 4.90. The number of alkyl halides is 3. The van der Waals surface area contributed by atoms with Crippen LogP contribution in [0.2, 0.25) is 5.02 Å². The molecule has 1 N–H and O–H groups in total. The van der Waals surface area contributed by atoms with Crippen LogP contribution in [-0.2, 0) is 11.0 Å². The molecule has 0 aromatic carbocycles. The Labute approximate surface area is 234 Å². The van der Waals surface area contributed by atoms with Gasteiger partial charge in [-0.05, 0) is 74.8 Å². The molecule has 0 bridgehead atoms. The molecule has 0 radical (unpaired) electrons. The first-order valence-electron chi connectivity index (χ1n) is 13.5. The summed E-state index contributed by atoms with van der Waals surface area (Å²) in [5, 5.41) is 13.6. The van der Waals surface area contributed by atoms with Gasteiger partial charge in [0.1, 0.15) is 5.69 Å². The molecule has 0 spiro atoms. The fourth-order valence-electron chi connectivity index (χ4n) is 6.85. The van der Waals surface area contributed by atoms with Gasteiger partial charge in [-0.3, -0.25) is 24.0 Å². The number of fused-ring (bicyclic) bond motifs is 1. The Kier molecular flexibility index (Phi) is 7.04. The van der Waals surface area contributed by atoms with Gasteiger partial charge in [-0.15, -0.1) is 0 Å². The standard InChI is InChI=1S/C28H32ClF3N4O4/c1-26(2)18-11-16(12-19(18)26)35(14-21(37)22-20(29)5-4-10-33-22)24(38)17-13-34-36(23(17)28(30,31)32)15-6-8-27(3,9-7-15)25(39)40/h4-5,10,13,15-16,18-19H,6-9,11-12,14H2,1-3H3,(H,39,40)/t15-,16-,18-,19+,27-. The topological polar surface area (TPSA) is 105 Å². The number of carbonyl (C=O) groups is 3. The Hall–Kier alpha value is -2.95. The summed E-state index contributed by atoms with van der Waals surface area (Å²) in [5.41, 5.74) is -2.73. The lowest BCUT2D eigenvalue weighted by molar-refractivity contribution is -0.152. The van der Waals surface area contributed by atoms with Gasteiger partial charge in [0.15, 0.2) is 5.69 Å². The van der Waals surface area contributed by atoms with Crippen LogP contribution in [0.5, 0.6) is 0 Å². The molecule has 3 saturated carbocycles. The van der Waals surface area contributed by atoms with Crippen molar-refractivity contribution in [3.63, 3.8) is 0 Å². The minimum atomic E-state index is -4.89. The number of ketones is 1. The van der Waals surface area contributed by atoms with Crippen LogP contribution in [0.15, 0.2) is 24.5 Å². The monoisotopic (exact) mass is 580 g/mol. The van der Waals surface area contributed by atoms with E-state index in [2.05, 4.69) is 23.9 Å². The van der Waals surface area contributed by atoms with Crippen molar-refractivity contribution in [3.05, 3.63) is 46.5 Å². The van der Waals surface area contributed by atoms with Crippen LogP contribution in [0, 0.1) is 22.7 Å². The molecule has 2 aromatic heterocycles. The molecule has 8 nitrogen and oxygen atoms in total.